The van der Waals surface area contributed by atoms with Gasteiger partial charge in [-0.2, -0.15) is 0 Å². The number of benzene rings is 2. The van der Waals surface area contributed by atoms with Crippen molar-refractivity contribution in [1.29, 1.82) is 0 Å². The predicted octanol–water partition coefficient (Wildman–Crippen LogP) is 6.85. The molecule has 30 heavy (non-hydrogen) atoms. The van der Waals surface area contributed by atoms with Gasteiger partial charge in [-0.3, -0.25) is 4.39 Å². The van der Waals surface area contributed by atoms with Crippen LogP contribution in [0.5, 0.6) is 5.88 Å². The first kappa shape index (κ1) is 22.7. The minimum Gasteiger partial charge on any atom is -0.459 e. The molecule has 0 aliphatic rings. The van der Waals surface area contributed by atoms with Crippen molar-refractivity contribution in [3.63, 3.8) is 0 Å². The number of alkyl halides is 1. The highest BCUT2D eigenvalue weighted by molar-refractivity contribution is 8.22. The second kappa shape index (κ2) is 9.44. The van der Waals surface area contributed by atoms with Crippen LogP contribution in [0.4, 0.5) is 4.39 Å². The van der Waals surface area contributed by atoms with Crippen LogP contribution in [0.2, 0.25) is 0 Å². The third-order valence-electron chi connectivity index (χ3n) is 4.67. The number of halogens is 2. The number of pyridine rings is 1. The molecule has 1 heterocycles. The molecule has 0 saturated carbocycles. The predicted molar refractivity (Wildman–Crippen MR) is 126 cm³/mol. The maximum absolute atomic E-state index is 14.7. The van der Waals surface area contributed by atoms with Gasteiger partial charge in [0.25, 0.3) is 0 Å². The van der Waals surface area contributed by atoms with Crippen LogP contribution in [0.25, 0.3) is 11.3 Å². The Morgan fingerprint density at radius 2 is 1.60 bits per heavy atom. The third-order valence-corrected chi connectivity index (χ3v) is 6.24. The smallest absolute Gasteiger partial charge is 0.215 e. The molecule has 0 bridgehead atoms. The fraction of sp³-hybridized carbons (Fsp3) is 0.292. The Hall–Kier alpha value is -1.98. The van der Waals surface area contributed by atoms with Crippen LogP contribution in [-0.4, -0.2) is 17.8 Å². The highest BCUT2D eigenvalue weighted by atomic mass is 35.7. The van der Waals surface area contributed by atoms with Gasteiger partial charge in [-0.25, -0.2) is 4.98 Å². The number of hydrogen-bond acceptors (Lipinski definition) is 3. The third kappa shape index (κ3) is 6.02. The van der Waals surface area contributed by atoms with Crippen molar-refractivity contribution in [1.82, 2.24) is 4.98 Å². The lowest BCUT2D eigenvalue weighted by Gasteiger charge is -2.23. The van der Waals surface area contributed by atoms with E-state index in [0.717, 1.165) is 29.4 Å². The fourth-order valence-corrected chi connectivity index (χ4v) is 3.44. The van der Waals surface area contributed by atoms with Gasteiger partial charge < -0.3 is 4.74 Å². The normalized spacial score (nSPS) is 13.6. The van der Waals surface area contributed by atoms with Crippen molar-refractivity contribution >= 4 is 29.5 Å². The molecular weight excluding hydrogens is 416 g/mol. The van der Waals surface area contributed by atoms with E-state index >= 15 is 0 Å². The molecule has 0 spiro atoms. The first-order valence-corrected chi connectivity index (χ1v) is 11.4. The maximum atomic E-state index is 14.7. The summed E-state index contributed by atoms with van der Waals surface area (Å²) in [5.41, 5.74) is 1.96. The summed E-state index contributed by atoms with van der Waals surface area (Å²) < 4.78 is 20.7. The van der Waals surface area contributed by atoms with Gasteiger partial charge in [-0.05, 0) is 78.0 Å². The molecule has 2 nitrogen and oxygen atoms in total. The molecule has 6 heteroatoms. The van der Waals surface area contributed by atoms with Crippen molar-refractivity contribution < 1.29 is 9.13 Å². The van der Waals surface area contributed by atoms with E-state index in [4.69, 9.17) is 23.3 Å². The van der Waals surface area contributed by atoms with Gasteiger partial charge in [0, 0.05) is 11.6 Å². The molecule has 2 radical (unpaired) electrons. The highest BCUT2D eigenvalue weighted by Crippen LogP contribution is 2.35. The van der Waals surface area contributed by atoms with Crippen molar-refractivity contribution in [2.45, 2.75) is 44.1 Å². The van der Waals surface area contributed by atoms with E-state index in [2.05, 4.69) is 17.1 Å². The first-order chi connectivity index (χ1) is 14.2. The molecule has 0 saturated heterocycles. The number of aryl methyl sites for hydroxylation is 2. The molecular formula is C24H24BClFNOS. The zero-order valence-electron chi connectivity index (χ0n) is 17.4. The van der Waals surface area contributed by atoms with Crippen molar-refractivity contribution in [3.8, 4) is 17.1 Å². The number of hydrogen-bond donors (Lipinski definition) is 0. The Labute approximate surface area is 188 Å². The zero-order valence-corrected chi connectivity index (χ0v) is 18.9. The zero-order chi connectivity index (χ0) is 21.8. The summed E-state index contributed by atoms with van der Waals surface area (Å²) >= 11 is 0. The summed E-state index contributed by atoms with van der Waals surface area (Å²) in [5, 5.41) is 0. The van der Waals surface area contributed by atoms with Crippen LogP contribution in [-0.2, 0) is 18.4 Å². The van der Waals surface area contributed by atoms with Gasteiger partial charge in [-0.15, -0.1) is 0 Å². The second-order valence-electron chi connectivity index (χ2n) is 7.88. The van der Waals surface area contributed by atoms with Gasteiger partial charge in [-0.1, -0.05) is 54.6 Å². The summed E-state index contributed by atoms with van der Waals surface area (Å²) in [7, 11) is 12.8. The Kier molecular flexibility index (Phi) is 7.15. The summed E-state index contributed by atoms with van der Waals surface area (Å²) in [5.74, 6) is 0.445. The van der Waals surface area contributed by atoms with Crippen LogP contribution in [0.3, 0.4) is 0 Å². The van der Waals surface area contributed by atoms with Gasteiger partial charge >= 0.3 is 0 Å². The lowest BCUT2D eigenvalue weighted by atomic mass is 9.77. The van der Waals surface area contributed by atoms with Gasteiger partial charge in [0.05, 0.1) is 11.3 Å². The minimum absolute atomic E-state index is 0.384. The number of aromatic nitrogens is 1. The highest BCUT2D eigenvalue weighted by Gasteiger charge is 2.24. The number of rotatable bonds is 8. The SMILES string of the molecule is [B]C(C)(F)c1ccccc1-c1cc(CCc2ccccc2)cc(OC(C)(C)SCl)n1. The topological polar surface area (TPSA) is 22.1 Å². The van der Waals surface area contributed by atoms with Crippen LogP contribution >= 0.6 is 21.7 Å². The lowest BCUT2D eigenvalue weighted by Crippen LogP contribution is -2.22. The van der Waals surface area contributed by atoms with Gasteiger partial charge in [0.15, 0.2) is 4.93 Å². The summed E-state index contributed by atoms with van der Waals surface area (Å²) in [4.78, 5) is 3.99. The Bertz CT molecular complexity index is 992. The molecule has 0 amide bonds. The molecule has 0 aliphatic carbocycles. The van der Waals surface area contributed by atoms with E-state index in [-0.39, 0.29) is 0 Å². The molecule has 3 rings (SSSR count). The van der Waals surface area contributed by atoms with E-state index in [0.29, 0.717) is 22.7 Å². The molecule has 1 aromatic heterocycles. The Morgan fingerprint density at radius 1 is 0.967 bits per heavy atom. The second-order valence-corrected chi connectivity index (χ2v) is 9.49. The van der Waals surface area contributed by atoms with E-state index in [9.17, 15) is 4.39 Å². The number of ether oxygens (including phenoxy) is 1. The average molecular weight is 440 g/mol. The molecule has 0 aliphatic heterocycles. The molecule has 0 N–H and O–H groups in total. The Morgan fingerprint density at radius 3 is 2.27 bits per heavy atom. The maximum Gasteiger partial charge on any atom is 0.215 e. The molecule has 154 valence electrons. The van der Waals surface area contributed by atoms with Crippen LogP contribution < -0.4 is 4.74 Å². The molecule has 0 fully saturated rings. The van der Waals surface area contributed by atoms with E-state index in [1.54, 1.807) is 12.1 Å². The molecule has 1 atom stereocenters. The van der Waals surface area contributed by atoms with Crippen LogP contribution in [0.1, 0.15) is 37.5 Å². The Balaban J connectivity index is 2.02. The minimum atomic E-state index is -1.98. The summed E-state index contributed by atoms with van der Waals surface area (Å²) in [6.07, 6.45) is 1.67. The monoisotopic (exact) mass is 439 g/mol. The van der Waals surface area contributed by atoms with Gasteiger partial charge in [0.2, 0.25) is 5.88 Å². The molecule has 1 unspecified atom stereocenters. The average Bonchev–Trinajstić information content (AvgIpc) is 2.72. The van der Waals surface area contributed by atoms with Crippen LogP contribution in [0, 0.1) is 0 Å². The van der Waals surface area contributed by atoms with Crippen molar-refractivity contribution in [2.75, 3.05) is 0 Å². The van der Waals surface area contributed by atoms with Crippen molar-refractivity contribution in [3.05, 3.63) is 83.4 Å². The van der Waals surface area contributed by atoms with Crippen LogP contribution in [0.15, 0.2) is 66.7 Å². The standard InChI is InChI=1S/C24H24BClFNOS/c1-23(2,30-26)29-22-16-18(14-13-17-9-5-4-6-10-17)15-21(28-22)19-11-7-8-12-20(19)24(3,25)27/h4-12,15-16H,13-14H2,1-3H3. The molecule has 2 aromatic carbocycles. The fourth-order valence-electron chi connectivity index (χ4n) is 3.23. The number of nitrogens with zero attached hydrogens (tertiary/aromatic N) is 1. The van der Waals surface area contributed by atoms with Gasteiger partial charge in [0.1, 0.15) is 7.85 Å². The first-order valence-electron chi connectivity index (χ1n) is 9.79. The van der Waals surface area contributed by atoms with E-state index in [1.165, 1.54) is 12.5 Å². The van der Waals surface area contributed by atoms with E-state index in [1.807, 2.05) is 56.3 Å². The van der Waals surface area contributed by atoms with Crippen molar-refractivity contribution in [2.24, 2.45) is 0 Å². The quantitative estimate of drug-likeness (QED) is 0.283. The largest absolute Gasteiger partial charge is 0.459 e. The lowest BCUT2D eigenvalue weighted by molar-refractivity contribution is 0.200. The summed E-state index contributed by atoms with van der Waals surface area (Å²) in [6.45, 7) is 5.08. The molecule has 3 aromatic rings. The van der Waals surface area contributed by atoms with E-state index < -0.39 is 10.5 Å². The summed E-state index contributed by atoms with van der Waals surface area (Å²) in [6, 6.07) is 21.3.